The molecule has 0 aliphatic carbocycles. The third-order valence-electron chi connectivity index (χ3n) is 2.62. The second kappa shape index (κ2) is 3.56. The van der Waals surface area contributed by atoms with Gasteiger partial charge in [-0.15, -0.1) is 11.3 Å². The highest BCUT2D eigenvalue weighted by molar-refractivity contribution is 7.25. The summed E-state index contributed by atoms with van der Waals surface area (Å²) in [7, 11) is 0. The number of hydrogen-bond donors (Lipinski definition) is 1. The van der Waals surface area contributed by atoms with E-state index in [0.717, 1.165) is 22.8 Å². The summed E-state index contributed by atoms with van der Waals surface area (Å²) in [5.41, 5.74) is 1.88. The van der Waals surface area contributed by atoms with Gasteiger partial charge < -0.3 is 5.32 Å². The van der Waals surface area contributed by atoms with E-state index < -0.39 is 0 Å². The van der Waals surface area contributed by atoms with Crippen LogP contribution in [0.15, 0.2) is 5.51 Å². The van der Waals surface area contributed by atoms with E-state index in [1.165, 1.54) is 17.8 Å². The van der Waals surface area contributed by atoms with Crippen LogP contribution < -0.4 is 5.32 Å². The van der Waals surface area contributed by atoms with Crippen LogP contribution in [0.3, 0.4) is 0 Å². The molecule has 0 bridgehead atoms. The lowest BCUT2D eigenvalue weighted by molar-refractivity contribution is 0.459. The van der Waals surface area contributed by atoms with Crippen LogP contribution >= 0.6 is 22.7 Å². The predicted octanol–water partition coefficient (Wildman–Crippen LogP) is 2.22. The lowest BCUT2D eigenvalue weighted by atomic mass is 9.99. The molecule has 14 heavy (non-hydrogen) atoms. The molecule has 1 saturated heterocycles. The van der Waals surface area contributed by atoms with Gasteiger partial charge in [0, 0.05) is 5.92 Å². The Morgan fingerprint density at radius 3 is 2.93 bits per heavy atom. The summed E-state index contributed by atoms with van der Waals surface area (Å²) in [6, 6.07) is 0. The van der Waals surface area contributed by atoms with E-state index in [1.54, 1.807) is 22.7 Å². The first-order valence-electron chi connectivity index (χ1n) is 4.84. The fourth-order valence-corrected chi connectivity index (χ4v) is 3.77. The molecular formula is C9H11N3S2. The minimum Gasteiger partial charge on any atom is -0.317 e. The number of nitrogens with one attached hydrogen (secondary N) is 1. The molecule has 0 saturated carbocycles. The fraction of sp³-hybridized carbons (Fsp3) is 0.556. The van der Waals surface area contributed by atoms with E-state index in [9.17, 15) is 0 Å². The normalized spacial score (nSPS) is 19.1. The predicted molar refractivity (Wildman–Crippen MR) is 60.1 cm³/mol. The van der Waals surface area contributed by atoms with Gasteiger partial charge in [0.1, 0.15) is 0 Å². The minimum atomic E-state index is 0.669. The Balaban J connectivity index is 1.92. The molecule has 0 spiro atoms. The largest absolute Gasteiger partial charge is 0.317 e. The molecule has 3 heterocycles. The molecule has 1 aliphatic rings. The maximum absolute atomic E-state index is 4.64. The van der Waals surface area contributed by atoms with Crippen LogP contribution in [0.1, 0.15) is 23.8 Å². The first-order valence-corrected chi connectivity index (χ1v) is 6.54. The highest BCUT2D eigenvalue weighted by Gasteiger charge is 2.19. The van der Waals surface area contributed by atoms with Gasteiger partial charge in [-0.2, -0.15) is 0 Å². The van der Waals surface area contributed by atoms with Crippen molar-refractivity contribution in [3.8, 4) is 0 Å². The number of rotatable bonds is 1. The van der Waals surface area contributed by atoms with E-state index in [2.05, 4.69) is 15.3 Å². The van der Waals surface area contributed by atoms with Crippen LogP contribution in [0, 0.1) is 0 Å². The van der Waals surface area contributed by atoms with Crippen LogP contribution in [0.25, 0.3) is 9.66 Å². The molecule has 5 heteroatoms. The smallest absolute Gasteiger partial charge is 0.154 e. The molecule has 0 unspecified atom stereocenters. The standard InChI is InChI=1S/C9H11N3S2/c1-3-10-4-2-6(1)7-12-9-8(14-7)11-5-13-9/h5-6,10H,1-4H2. The van der Waals surface area contributed by atoms with Gasteiger partial charge in [-0.1, -0.05) is 11.3 Å². The number of nitrogens with zero attached hydrogens (tertiary/aromatic N) is 2. The molecule has 1 N–H and O–H groups in total. The van der Waals surface area contributed by atoms with Crippen LogP contribution in [-0.2, 0) is 0 Å². The quantitative estimate of drug-likeness (QED) is 0.808. The van der Waals surface area contributed by atoms with Gasteiger partial charge in [0.05, 0.1) is 10.5 Å². The number of piperidine rings is 1. The summed E-state index contributed by atoms with van der Waals surface area (Å²) in [5, 5.41) is 4.67. The zero-order valence-electron chi connectivity index (χ0n) is 7.69. The van der Waals surface area contributed by atoms with Gasteiger partial charge in [-0.3, -0.25) is 0 Å². The summed E-state index contributed by atoms with van der Waals surface area (Å²) in [6.45, 7) is 2.26. The summed E-state index contributed by atoms with van der Waals surface area (Å²) >= 11 is 3.42. The van der Waals surface area contributed by atoms with E-state index in [-0.39, 0.29) is 0 Å². The van der Waals surface area contributed by atoms with Crippen molar-refractivity contribution < 1.29 is 0 Å². The van der Waals surface area contributed by atoms with Gasteiger partial charge in [-0.05, 0) is 25.9 Å². The van der Waals surface area contributed by atoms with Crippen molar-refractivity contribution in [3.63, 3.8) is 0 Å². The Labute approximate surface area is 90.2 Å². The van der Waals surface area contributed by atoms with E-state index in [0.29, 0.717) is 5.92 Å². The zero-order valence-corrected chi connectivity index (χ0v) is 9.33. The topological polar surface area (TPSA) is 37.8 Å². The van der Waals surface area contributed by atoms with Crippen molar-refractivity contribution in [1.29, 1.82) is 0 Å². The molecule has 3 rings (SSSR count). The summed E-state index contributed by atoms with van der Waals surface area (Å²) in [6.07, 6.45) is 2.45. The molecule has 0 aromatic carbocycles. The van der Waals surface area contributed by atoms with Crippen molar-refractivity contribution in [2.24, 2.45) is 0 Å². The Hall–Kier alpha value is -0.520. The molecule has 1 fully saturated rings. The third-order valence-corrected chi connectivity index (χ3v) is 4.59. The molecule has 0 radical (unpaired) electrons. The Kier molecular flexibility index (Phi) is 2.23. The van der Waals surface area contributed by atoms with E-state index >= 15 is 0 Å². The third kappa shape index (κ3) is 1.45. The molecule has 0 amide bonds. The molecule has 1 aliphatic heterocycles. The van der Waals surface area contributed by atoms with E-state index in [1.807, 2.05) is 5.51 Å². The second-order valence-electron chi connectivity index (χ2n) is 3.54. The maximum Gasteiger partial charge on any atom is 0.154 e. The SMILES string of the molecule is c1nc2sc(C3CCNCC3)nc2s1. The van der Waals surface area contributed by atoms with Crippen LogP contribution in [-0.4, -0.2) is 23.1 Å². The molecule has 3 nitrogen and oxygen atoms in total. The summed E-state index contributed by atoms with van der Waals surface area (Å²) in [5.74, 6) is 0.669. The van der Waals surface area contributed by atoms with E-state index in [4.69, 9.17) is 0 Å². The number of thiazole rings is 2. The number of fused-ring (bicyclic) bond motifs is 1. The van der Waals surface area contributed by atoms with Crippen LogP contribution in [0.2, 0.25) is 0 Å². The number of hydrogen-bond acceptors (Lipinski definition) is 5. The van der Waals surface area contributed by atoms with Crippen LogP contribution in [0.4, 0.5) is 0 Å². The summed E-state index contributed by atoms with van der Waals surface area (Å²) < 4.78 is 0. The second-order valence-corrected chi connectivity index (χ2v) is 5.38. The van der Waals surface area contributed by atoms with Gasteiger partial charge in [0.25, 0.3) is 0 Å². The van der Waals surface area contributed by atoms with Crippen molar-refractivity contribution in [2.75, 3.05) is 13.1 Å². The van der Waals surface area contributed by atoms with Crippen LogP contribution in [0.5, 0.6) is 0 Å². The molecule has 2 aromatic rings. The highest BCUT2D eigenvalue weighted by Crippen LogP contribution is 2.32. The minimum absolute atomic E-state index is 0.669. The maximum atomic E-state index is 4.64. The van der Waals surface area contributed by atoms with Crippen molar-refractivity contribution in [1.82, 2.24) is 15.3 Å². The Morgan fingerprint density at radius 1 is 1.29 bits per heavy atom. The van der Waals surface area contributed by atoms with Gasteiger partial charge in [0.15, 0.2) is 9.66 Å². The lowest BCUT2D eigenvalue weighted by Crippen LogP contribution is -2.26. The monoisotopic (exact) mass is 225 g/mol. The van der Waals surface area contributed by atoms with Crippen molar-refractivity contribution in [2.45, 2.75) is 18.8 Å². The van der Waals surface area contributed by atoms with Gasteiger partial charge in [-0.25, -0.2) is 9.97 Å². The molecule has 74 valence electrons. The first kappa shape index (κ1) is 8.76. The summed E-state index contributed by atoms with van der Waals surface area (Å²) in [4.78, 5) is 11.2. The van der Waals surface area contributed by atoms with Crippen molar-refractivity contribution >= 4 is 32.3 Å². The Morgan fingerprint density at radius 2 is 2.14 bits per heavy atom. The lowest BCUT2D eigenvalue weighted by Gasteiger charge is -2.20. The first-order chi connectivity index (χ1) is 6.93. The van der Waals surface area contributed by atoms with Gasteiger partial charge in [0.2, 0.25) is 0 Å². The number of aromatic nitrogens is 2. The fourth-order valence-electron chi connectivity index (χ4n) is 1.84. The zero-order chi connectivity index (χ0) is 9.38. The highest BCUT2D eigenvalue weighted by atomic mass is 32.1. The van der Waals surface area contributed by atoms with Gasteiger partial charge >= 0.3 is 0 Å². The molecule has 0 atom stereocenters. The van der Waals surface area contributed by atoms with Crippen molar-refractivity contribution in [3.05, 3.63) is 10.5 Å². The average molecular weight is 225 g/mol. The Bertz CT molecular complexity index is 399. The molecule has 2 aromatic heterocycles. The molecular weight excluding hydrogens is 214 g/mol. The average Bonchev–Trinajstić information content (AvgIpc) is 2.78.